The number of hydrogen-bond donors (Lipinski definition) is 1. The molecule has 0 heterocycles. The third-order valence-electron chi connectivity index (χ3n) is 3.16. The van der Waals surface area contributed by atoms with Crippen LogP contribution in [0.25, 0.3) is 0 Å². The summed E-state index contributed by atoms with van der Waals surface area (Å²) in [6, 6.07) is 5.76. The van der Waals surface area contributed by atoms with E-state index in [4.69, 9.17) is 16.3 Å². The predicted octanol–water partition coefficient (Wildman–Crippen LogP) is 2.94. The van der Waals surface area contributed by atoms with Crippen LogP contribution in [-0.2, 0) is 4.79 Å². The topological polar surface area (TPSA) is 38.3 Å². The van der Waals surface area contributed by atoms with Crippen LogP contribution in [0.4, 0.5) is 0 Å². The number of carbonyl (C=O) groups is 1. The molecule has 98 valence electrons. The van der Waals surface area contributed by atoms with Crippen LogP contribution in [0.1, 0.15) is 25.3 Å². The quantitative estimate of drug-likeness (QED) is 0.891. The SMILES string of the molecule is Cc1ccc(Cl)c(OCC(=O)NC(C)C2CC2)c1. The lowest BCUT2D eigenvalue weighted by molar-refractivity contribution is -0.123. The Morgan fingerprint density at radius 3 is 2.94 bits per heavy atom. The number of hydrogen-bond acceptors (Lipinski definition) is 2. The standard InChI is InChI=1S/C14H18ClNO2/c1-9-3-6-12(15)13(7-9)18-8-14(17)16-10(2)11-4-5-11/h3,6-7,10-11H,4-5,8H2,1-2H3,(H,16,17). The molecule has 0 spiro atoms. The van der Waals surface area contributed by atoms with Gasteiger partial charge in [0, 0.05) is 6.04 Å². The molecule has 0 aromatic heterocycles. The van der Waals surface area contributed by atoms with Gasteiger partial charge in [0.15, 0.2) is 6.61 Å². The number of benzene rings is 1. The molecule has 4 heteroatoms. The van der Waals surface area contributed by atoms with E-state index in [1.807, 2.05) is 26.0 Å². The van der Waals surface area contributed by atoms with Crippen LogP contribution < -0.4 is 10.1 Å². The van der Waals surface area contributed by atoms with Crippen molar-refractivity contribution in [1.29, 1.82) is 0 Å². The molecule has 1 saturated carbocycles. The number of halogens is 1. The largest absolute Gasteiger partial charge is 0.482 e. The zero-order chi connectivity index (χ0) is 13.1. The van der Waals surface area contributed by atoms with Crippen molar-refractivity contribution in [3.63, 3.8) is 0 Å². The number of ether oxygens (including phenoxy) is 1. The van der Waals surface area contributed by atoms with Crippen molar-refractivity contribution in [3.8, 4) is 5.75 Å². The first-order chi connectivity index (χ1) is 8.56. The maximum Gasteiger partial charge on any atom is 0.258 e. The third-order valence-corrected chi connectivity index (χ3v) is 3.48. The van der Waals surface area contributed by atoms with Gasteiger partial charge >= 0.3 is 0 Å². The van der Waals surface area contributed by atoms with Crippen LogP contribution in [0.3, 0.4) is 0 Å². The monoisotopic (exact) mass is 267 g/mol. The normalized spacial score (nSPS) is 16.2. The zero-order valence-electron chi connectivity index (χ0n) is 10.7. The highest BCUT2D eigenvalue weighted by Crippen LogP contribution is 2.32. The maximum absolute atomic E-state index is 11.7. The molecule has 3 nitrogen and oxygen atoms in total. The molecule has 1 aromatic rings. The van der Waals surface area contributed by atoms with E-state index in [0.717, 1.165) is 5.56 Å². The number of nitrogens with one attached hydrogen (secondary N) is 1. The van der Waals surface area contributed by atoms with E-state index in [1.165, 1.54) is 12.8 Å². The Bertz CT molecular complexity index is 443. The summed E-state index contributed by atoms with van der Waals surface area (Å²) < 4.78 is 5.44. The molecule has 1 aromatic carbocycles. The van der Waals surface area contributed by atoms with Gasteiger partial charge < -0.3 is 10.1 Å². The zero-order valence-corrected chi connectivity index (χ0v) is 11.5. The highest BCUT2D eigenvalue weighted by atomic mass is 35.5. The molecule has 0 bridgehead atoms. The Morgan fingerprint density at radius 2 is 2.28 bits per heavy atom. The summed E-state index contributed by atoms with van der Waals surface area (Å²) in [6.07, 6.45) is 2.43. The molecule has 1 N–H and O–H groups in total. The highest BCUT2D eigenvalue weighted by Gasteiger charge is 2.28. The lowest BCUT2D eigenvalue weighted by Gasteiger charge is -2.13. The summed E-state index contributed by atoms with van der Waals surface area (Å²) in [7, 11) is 0. The Morgan fingerprint density at radius 1 is 1.56 bits per heavy atom. The van der Waals surface area contributed by atoms with Crippen molar-refractivity contribution >= 4 is 17.5 Å². The Kier molecular flexibility index (Phi) is 4.12. The van der Waals surface area contributed by atoms with Crippen LogP contribution in [0.5, 0.6) is 5.75 Å². The molecule has 1 unspecified atom stereocenters. The summed E-state index contributed by atoms with van der Waals surface area (Å²) in [6.45, 7) is 4.01. The summed E-state index contributed by atoms with van der Waals surface area (Å²) in [5.41, 5.74) is 1.06. The minimum atomic E-state index is -0.0908. The molecule has 0 aliphatic heterocycles. The van der Waals surface area contributed by atoms with Crippen LogP contribution in [0, 0.1) is 12.8 Å². The van der Waals surface area contributed by atoms with Crippen molar-refractivity contribution in [2.24, 2.45) is 5.92 Å². The van der Waals surface area contributed by atoms with Gasteiger partial charge in [0.1, 0.15) is 5.75 Å². The summed E-state index contributed by atoms with van der Waals surface area (Å²) in [4.78, 5) is 11.7. The molecule has 0 saturated heterocycles. The Labute approximate surface area is 112 Å². The fourth-order valence-electron chi connectivity index (χ4n) is 1.87. The summed E-state index contributed by atoms with van der Waals surface area (Å²) in [5, 5.41) is 3.47. The molecule has 1 atom stereocenters. The smallest absolute Gasteiger partial charge is 0.258 e. The van der Waals surface area contributed by atoms with Gasteiger partial charge in [-0.3, -0.25) is 4.79 Å². The summed E-state index contributed by atoms with van der Waals surface area (Å²) >= 11 is 5.99. The number of rotatable bonds is 5. The van der Waals surface area contributed by atoms with E-state index < -0.39 is 0 Å². The van der Waals surface area contributed by atoms with Crippen molar-refractivity contribution in [2.45, 2.75) is 32.7 Å². The maximum atomic E-state index is 11.7. The lowest BCUT2D eigenvalue weighted by atomic mass is 10.2. The average Bonchev–Trinajstić information content (AvgIpc) is 3.14. The lowest BCUT2D eigenvalue weighted by Crippen LogP contribution is -2.37. The molecule has 1 aliphatic carbocycles. The van der Waals surface area contributed by atoms with Crippen molar-refractivity contribution in [1.82, 2.24) is 5.32 Å². The van der Waals surface area contributed by atoms with E-state index >= 15 is 0 Å². The molecule has 1 fully saturated rings. The van der Waals surface area contributed by atoms with Gasteiger partial charge in [-0.05, 0) is 50.3 Å². The third kappa shape index (κ3) is 3.64. The second-order valence-electron chi connectivity index (χ2n) is 4.92. The van der Waals surface area contributed by atoms with Crippen molar-refractivity contribution in [2.75, 3.05) is 6.61 Å². The predicted molar refractivity (Wildman–Crippen MR) is 72.0 cm³/mol. The first-order valence-electron chi connectivity index (χ1n) is 6.24. The number of amides is 1. The average molecular weight is 268 g/mol. The second kappa shape index (κ2) is 5.61. The fourth-order valence-corrected chi connectivity index (χ4v) is 2.05. The van der Waals surface area contributed by atoms with Crippen LogP contribution in [0.15, 0.2) is 18.2 Å². The first kappa shape index (κ1) is 13.2. The van der Waals surface area contributed by atoms with Gasteiger partial charge in [0.25, 0.3) is 5.91 Å². The number of aryl methyl sites for hydroxylation is 1. The molecule has 2 rings (SSSR count). The van der Waals surface area contributed by atoms with E-state index in [9.17, 15) is 4.79 Å². The van der Waals surface area contributed by atoms with Gasteiger partial charge in [-0.25, -0.2) is 0 Å². The van der Waals surface area contributed by atoms with Crippen LogP contribution in [-0.4, -0.2) is 18.6 Å². The van der Waals surface area contributed by atoms with Gasteiger partial charge in [-0.2, -0.15) is 0 Å². The van der Waals surface area contributed by atoms with Gasteiger partial charge in [-0.15, -0.1) is 0 Å². The van der Waals surface area contributed by atoms with E-state index in [0.29, 0.717) is 16.7 Å². The molecule has 1 aliphatic rings. The Hall–Kier alpha value is -1.22. The Balaban J connectivity index is 1.82. The molecule has 0 radical (unpaired) electrons. The minimum absolute atomic E-state index is 0.0141. The highest BCUT2D eigenvalue weighted by molar-refractivity contribution is 6.32. The fraction of sp³-hybridized carbons (Fsp3) is 0.500. The number of carbonyl (C=O) groups excluding carboxylic acids is 1. The van der Waals surface area contributed by atoms with Gasteiger partial charge in [0.05, 0.1) is 5.02 Å². The van der Waals surface area contributed by atoms with Crippen LogP contribution >= 0.6 is 11.6 Å². The van der Waals surface area contributed by atoms with Gasteiger partial charge in [0.2, 0.25) is 0 Å². The molecular weight excluding hydrogens is 250 g/mol. The van der Waals surface area contributed by atoms with Crippen LogP contribution in [0.2, 0.25) is 5.02 Å². The molecular formula is C14H18ClNO2. The van der Waals surface area contributed by atoms with Crippen molar-refractivity contribution in [3.05, 3.63) is 28.8 Å². The van der Waals surface area contributed by atoms with Crippen molar-refractivity contribution < 1.29 is 9.53 Å². The summed E-state index contributed by atoms with van der Waals surface area (Å²) in [5.74, 6) is 1.12. The van der Waals surface area contributed by atoms with E-state index in [1.54, 1.807) is 6.07 Å². The second-order valence-corrected chi connectivity index (χ2v) is 5.32. The van der Waals surface area contributed by atoms with Gasteiger partial charge in [-0.1, -0.05) is 17.7 Å². The van der Waals surface area contributed by atoms with E-state index in [-0.39, 0.29) is 18.6 Å². The first-order valence-corrected chi connectivity index (χ1v) is 6.62. The minimum Gasteiger partial charge on any atom is -0.482 e. The van der Waals surface area contributed by atoms with E-state index in [2.05, 4.69) is 5.32 Å². The molecule has 1 amide bonds. The molecule has 18 heavy (non-hydrogen) atoms.